The smallest absolute Gasteiger partial charge is 0.299 e. The third-order valence-corrected chi connectivity index (χ3v) is 15.2. The van der Waals surface area contributed by atoms with Crippen molar-refractivity contribution in [2.45, 2.75) is 38.5 Å². The summed E-state index contributed by atoms with van der Waals surface area (Å²) in [5, 5.41) is 9.32. The Balaban J connectivity index is 1.06. The normalized spacial score (nSPS) is 14.6. The average molecular weight is 767 g/mol. The van der Waals surface area contributed by atoms with Crippen molar-refractivity contribution in [3.05, 3.63) is 154 Å². The van der Waals surface area contributed by atoms with Crippen molar-refractivity contribution in [1.82, 2.24) is 0 Å². The number of hydrogen-bond acceptors (Lipinski definition) is 7. The molecule has 0 N–H and O–H groups in total. The minimum absolute atomic E-state index is 0.0106. The predicted octanol–water partition coefficient (Wildman–Crippen LogP) is 14.0. The Bertz CT molecular complexity index is 2840. The van der Waals surface area contributed by atoms with E-state index < -0.39 is 0 Å². The molecule has 266 valence electrons. The molecule has 2 aliphatic carbocycles. The van der Waals surface area contributed by atoms with Crippen molar-refractivity contribution in [2.24, 2.45) is 0 Å². The fourth-order valence-corrected chi connectivity index (χ4v) is 12.7. The van der Waals surface area contributed by atoms with E-state index in [0.717, 1.165) is 21.9 Å². The van der Waals surface area contributed by atoms with E-state index in [0.29, 0.717) is 0 Å². The zero-order chi connectivity index (χ0) is 37.6. The second-order valence-electron chi connectivity index (χ2n) is 15.3. The molecule has 2 aliphatic rings. The van der Waals surface area contributed by atoms with E-state index in [2.05, 4.69) is 154 Å². The second kappa shape index (κ2) is 12.4. The molecular weight excluding hydrogens is 733 g/mol. The molecule has 0 aliphatic heterocycles. The molecule has 0 atom stereocenters. The van der Waals surface area contributed by atoms with Crippen LogP contribution < -0.4 is 4.90 Å². The Morgan fingerprint density at radius 2 is 1.15 bits per heavy atom. The van der Waals surface area contributed by atoms with Gasteiger partial charge in [-0.1, -0.05) is 100 Å². The lowest BCUT2D eigenvalue weighted by Crippen LogP contribution is -2.18. The Morgan fingerprint density at radius 3 is 1.73 bits per heavy atom. The monoisotopic (exact) mass is 766 g/mol. The highest BCUT2D eigenvalue weighted by Gasteiger charge is 2.37. The van der Waals surface area contributed by atoms with Crippen molar-refractivity contribution in [3.63, 3.8) is 0 Å². The standard InChI is InChI=1S/C48H34N2O2S3/c1-47(2)38-11-7-5-9-34(38)36-19-17-30(21-40(36)47)50(31-18-20-37-35-10-6-8-12-39(35)48(3,4)41(37)22-31)29-15-13-28(14-16-29)42-25-44-46(55-42)45-43(54-44)24-33(53-45)23-32(26-49)52-27-51/h5-25,27H,1-4H3/b32-23-. The van der Waals surface area contributed by atoms with Crippen LogP contribution in [-0.2, 0) is 20.4 Å². The molecule has 10 rings (SSSR count). The van der Waals surface area contributed by atoms with Gasteiger partial charge in [-0.25, -0.2) is 0 Å². The molecule has 4 nitrogen and oxygen atoms in total. The Morgan fingerprint density at radius 1 is 0.618 bits per heavy atom. The highest BCUT2D eigenvalue weighted by molar-refractivity contribution is 7.39. The Kier molecular flexibility index (Phi) is 7.60. The number of anilines is 3. The molecule has 3 aromatic heterocycles. The minimum Gasteiger partial charge on any atom is -0.417 e. The number of nitrogens with zero attached hydrogens (tertiary/aromatic N) is 2. The molecular formula is C48H34N2O2S3. The van der Waals surface area contributed by atoms with Crippen molar-refractivity contribution >= 4 is 82.4 Å². The van der Waals surface area contributed by atoms with E-state index in [1.807, 2.05) is 6.07 Å². The van der Waals surface area contributed by atoms with Crippen LogP contribution in [-0.4, -0.2) is 6.47 Å². The maximum absolute atomic E-state index is 10.8. The van der Waals surface area contributed by atoms with Crippen molar-refractivity contribution in [1.29, 1.82) is 5.26 Å². The summed E-state index contributed by atoms with van der Waals surface area (Å²) in [6.07, 6.45) is 1.62. The first kappa shape index (κ1) is 33.8. The van der Waals surface area contributed by atoms with E-state index in [4.69, 9.17) is 4.74 Å². The lowest BCUT2D eigenvalue weighted by atomic mass is 9.82. The second-order valence-corrected chi connectivity index (χ2v) is 18.5. The third-order valence-electron chi connectivity index (χ3n) is 11.5. The summed E-state index contributed by atoms with van der Waals surface area (Å²) in [4.78, 5) is 15.3. The number of hydrogen-bond donors (Lipinski definition) is 0. The number of allylic oxidation sites excluding steroid dienone is 1. The van der Waals surface area contributed by atoms with Crippen molar-refractivity contribution in [3.8, 4) is 38.8 Å². The minimum atomic E-state index is -0.114. The van der Waals surface area contributed by atoms with Gasteiger partial charge >= 0.3 is 0 Å². The lowest BCUT2D eigenvalue weighted by molar-refractivity contribution is -0.124. The lowest BCUT2D eigenvalue weighted by Gasteiger charge is -2.30. The van der Waals surface area contributed by atoms with Gasteiger partial charge in [0.2, 0.25) is 5.76 Å². The van der Waals surface area contributed by atoms with Gasteiger partial charge in [0.25, 0.3) is 6.47 Å². The van der Waals surface area contributed by atoms with Crippen LogP contribution in [0.25, 0.3) is 57.6 Å². The van der Waals surface area contributed by atoms with Crippen LogP contribution >= 0.6 is 34.0 Å². The van der Waals surface area contributed by atoms with Gasteiger partial charge in [0.05, 0.1) is 9.40 Å². The number of carbonyl (C=O) groups is 1. The molecule has 0 spiro atoms. The van der Waals surface area contributed by atoms with Gasteiger partial charge in [-0.05, 0) is 98.6 Å². The van der Waals surface area contributed by atoms with Crippen LogP contribution in [0.5, 0.6) is 0 Å². The molecule has 0 saturated carbocycles. The summed E-state index contributed by atoms with van der Waals surface area (Å²) in [7, 11) is 0. The van der Waals surface area contributed by atoms with Gasteiger partial charge in [0, 0.05) is 53.1 Å². The first-order valence-electron chi connectivity index (χ1n) is 18.2. The highest BCUT2D eigenvalue weighted by atomic mass is 32.1. The molecule has 8 aromatic rings. The first-order valence-corrected chi connectivity index (χ1v) is 20.7. The fourth-order valence-electron chi connectivity index (χ4n) is 8.73. The molecule has 0 saturated heterocycles. The SMILES string of the molecule is CC1(C)c2ccccc2-c2ccc(N(c3ccc(-c4cc5sc6cc(/C=C(/C#N)OC=O)sc6c5s4)cc3)c3ccc4c(c3)C(C)(C)c3ccccc3-4)cc21. The topological polar surface area (TPSA) is 53.3 Å². The van der Waals surface area contributed by atoms with Gasteiger partial charge in [0.1, 0.15) is 6.07 Å². The summed E-state index contributed by atoms with van der Waals surface area (Å²) in [6.45, 7) is 9.66. The summed E-state index contributed by atoms with van der Waals surface area (Å²) in [6, 6.07) is 46.9. The number of thiophene rings is 3. The highest BCUT2D eigenvalue weighted by Crippen LogP contribution is 2.53. The summed E-state index contributed by atoms with van der Waals surface area (Å²) in [5.41, 5.74) is 15.0. The van der Waals surface area contributed by atoms with Gasteiger partial charge in [-0.2, -0.15) is 5.26 Å². The fraction of sp³-hybridized carbons (Fsp3) is 0.125. The van der Waals surface area contributed by atoms with E-state index in [9.17, 15) is 10.1 Å². The van der Waals surface area contributed by atoms with Crippen LogP contribution in [0.1, 0.15) is 54.8 Å². The zero-order valence-electron chi connectivity index (χ0n) is 30.6. The Hall–Kier alpha value is -5.78. The van der Waals surface area contributed by atoms with E-state index >= 15 is 0 Å². The molecule has 3 heterocycles. The average Bonchev–Trinajstić information content (AvgIpc) is 3.97. The van der Waals surface area contributed by atoms with Crippen LogP contribution in [0.2, 0.25) is 0 Å². The maximum Gasteiger partial charge on any atom is 0.299 e. The molecule has 5 aromatic carbocycles. The summed E-state index contributed by atoms with van der Waals surface area (Å²) in [5.74, 6) is -0.0106. The predicted molar refractivity (Wildman–Crippen MR) is 231 cm³/mol. The van der Waals surface area contributed by atoms with E-state index in [1.54, 1.807) is 40.1 Å². The zero-order valence-corrected chi connectivity index (χ0v) is 33.1. The Labute approximate surface area is 331 Å². The quantitative estimate of drug-likeness (QED) is 0.0921. The molecule has 0 fully saturated rings. The largest absolute Gasteiger partial charge is 0.417 e. The first-order chi connectivity index (χ1) is 26.6. The maximum atomic E-state index is 10.8. The van der Waals surface area contributed by atoms with Crippen LogP contribution in [0.15, 0.2) is 127 Å². The number of rotatable bonds is 7. The molecule has 7 heteroatoms. The van der Waals surface area contributed by atoms with Crippen LogP contribution in [0.3, 0.4) is 0 Å². The number of carbonyl (C=O) groups excluding carboxylic acids is 1. The van der Waals surface area contributed by atoms with E-state index in [1.165, 1.54) is 73.7 Å². The number of ether oxygens (including phenoxy) is 1. The van der Waals surface area contributed by atoms with Gasteiger partial charge < -0.3 is 9.64 Å². The molecule has 0 bridgehead atoms. The van der Waals surface area contributed by atoms with Gasteiger partial charge in [0.15, 0.2) is 0 Å². The number of nitriles is 1. The third kappa shape index (κ3) is 5.17. The molecule has 55 heavy (non-hydrogen) atoms. The molecule has 0 unspecified atom stereocenters. The van der Waals surface area contributed by atoms with Crippen LogP contribution in [0.4, 0.5) is 17.1 Å². The number of fused-ring (bicyclic) bond motifs is 9. The van der Waals surface area contributed by atoms with Crippen LogP contribution in [0, 0.1) is 11.3 Å². The van der Waals surface area contributed by atoms with Crippen molar-refractivity contribution < 1.29 is 9.53 Å². The van der Waals surface area contributed by atoms with Gasteiger partial charge in [-0.3, -0.25) is 4.79 Å². The number of benzene rings is 5. The van der Waals surface area contributed by atoms with E-state index in [-0.39, 0.29) is 23.1 Å². The summed E-state index contributed by atoms with van der Waals surface area (Å²) >= 11 is 5.15. The van der Waals surface area contributed by atoms with Crippen molar-refractivity contribution in [2.75, 3.05) is 4.90 Å². The molecule has 0 amide bonds. The summed E-state index contributed by atoms with van der Waals surface area (Å²) < 4.78 is 9.66. The van der Waals surface area contributed by atoms with Gasteiger partial charge in [-0.15, -0.1) is 34.0 Å². The molecule has 0 radical (unpaired) electrons.